The summed E-state index contributed by atoms with van der Waals surface area (Å²) in [6.07, 6.45) is 1.18. The van der Waals surface area contributed by atoms with Gasteiger partial charge in [0.1, 0.15) is 13.1 Å². The van der Waals surface area contributed by atoms with Crippen molar-refractivity contribution >= 4 is 29.1 Å². The summed E-state index contributed by atoms with van der Waals surface area (Å²) in [6.45, 7) is 8.91. The van der Waals surface area contributed by atoms with Gasteiger partial charge in [-0.15, -0.1) is 0 Å². The highest BCUT2D eigenvalue weighted by molar-refractivity contribution is 6.03. The van der Waals surface area contributed by atoms with Gasteiger partial charge in [0.25, 0.3) is 5.91 Å². The summed E-state index contributed by atoms with van der Waals surface area (Å²) >= 11 is 0. The molecule has 2 amide bonds. The second kappa shape index (κ2) is 10.9. The topological polar surface area (TPSA) is 79.7 Å². The van der Waals surface area contributed by atoms with E-state index in [1.165, 1.54) is 12.0 Å². The molecule has 2 aromatic rings. The average Bonchev–Trinajstić information content (AvgIpc) is 2.95. The number of quaternary nitrogens is 2. The van der Waals surface area contributed by atoms with Crippen LogP contribution < -0.4 is 20.4 Å². The van der Waals surface area contributed by atoms with Crippen molar-refractivity contribution in [3.8, 4) is 0 Å². The quantitative estimate of drug-likeness (QED) is 0.554. The molecule has 0 atom stereocenters. The molecule has 7 nitrogen and oxygen atoms in total. The molecular formula is C24H34N4O3+2. The SMILES string of the molecule is CC[NH+](CC)CC[NH2+]CC(=O)N1c2ccccc2CCc2ccc(NC(=O)OC)cc21. The number of nitrogens with one attached hydrogen (secondary N) is 2. The van der Waals surface area contributed by atoms with Crippen LogP contribution in [0, 0.1) is 0 Å². The Balaban J connectivity index is 1.86. The average molecular weight is 427 g/mol. The largest absolute Gasteiger partial charge is 0.453 e. The summed E-state index contributed by atoms with van der Waals surface area (Å²) in [4.78, 5) is 28.5. The van der Waals surface area contributed by atoms with Gasteiger partial charge in [-0.05, 0) is 56.0 Å². The smallest absolute Gasteiger partial charge is 0.411 e. The number of anilines is 3. The maximum Gasteiger partial charge on any atom is 0.411 e. The number of aryl methyl sites for hydroxylation is 2. The van der Waals surface area contributed by atoms with Gasteiger partial charge in [-0.25, -0.2) is 4.79 Å². The molecule has 2 aromatic carbocycles. The van der Waals surface area contributed by atoms with Crippen molar-refractivity contribution < 1.29 is 24.5 Å². The number of hydrogen-bond donors (Lipinski definition) is 3. The Morgan fingerprint density at radius 3 is 2.48 bits per heavy atom. The van der Waals surface area contributed by atoms with E-state index in [-0.39, 0.29) is 5.91 Å². The lowest BCUT2D eigenvalue weighted by molar-refractivity contribution is -0.908. The highest BCUT2D eigenvalue weighted by atomic mass is 16.5. The monoisotopic (exact) mass is 426 g/mol. The maximum atomic E-state index is 13.4. The van der Waals surface area contributed by atoms with Gasteiger partial charge in [0.15, 0.2) is 6.54 Å². The third kappa shape index (κ3) is 5.62. The van der Waals surface area contributed by atoms with Crippen molar-refractivity contribution in [2.75, 3.05) is 50.1 Å². The lowest BCUT2D eigenvalue weighted by Gasteiger charge is -2.25. The number of benzene rings is 2. The molecule has 0 saturated carbocycles. The van der Waals surface area contributed by atoms with E-state index in [4.69, 9.17) is 4.74 Å². The van der Waals surface area contributed by atoms with Crippen LogP contribution in [0.5, 0.6) is 0 Å². The van der Waals surface area contributed by atoms with Crippen LogP contribution in [-0.2, 0) is 22.4 Å². The number of nitrogens with two attached hydrogens (primary N) is 1. The predicted octanol–water partition coefficient (Wildman–Crippen LogP) is 1.12. The number of nitrogens with zero attached hydrogens (tertiary/aromatic N) is 1. The zero-order valence-electron chi connectivity index (χ0n) is 18.7. The molecule has 0 aliphatic carbocycles. The van der Waals surface area contributed by atoms with Crippen molar-refractivity contribution in [3.63, 3.8) is 0 Å². The summed E-state index contributed by atoms with van der Waals surface area (Å²) in [5.41, 5.74) is 4.60. The zero-order valence-corrected chi connectivity index (χ0v) is 18.7. The molecule has 0 saturated heterocycles. The number of amides is 2. The van der Waals surface area contributed by atoms with Crippen molar-refractivity contribution in [2.24, 2.45) is 0 Å². The highest BCUT2D eigenvalue weighted by Crippen LogP contribution is 2.37. The lowest BCUT2D eigenvalue weighted by Crippen LogP contribution is -3.14. The number of methoxy groups -OCH3 is 1. The van der Waals surface area contributed by atoms with Crippen LogP contribution in [0.4, 0.5) is 21.9 Å². The first-order valence-corrected chi connectivity index (χ1v) is 11.1. The molecule has 31 heavy (non-hydrogen) atoms. The van der Waals surface area contributed by atoms with E-state index in [1.54, 1.807) is 0 Å². The second-order valence-corrected chi connectivity index (χ2v) is 7.81. The second-order valence-electron chi connectivity index (χ2n) is 7.81. The van der Waals surface area contributed by atoms with E-state index in [9.17, 15) is 9.59 Å². The number of rotatable bonds is 8. The number of likely N-dealkylation sites (N-methyl/N-ethyl adjacent to an activating group) is 1. The standard InChI is InChI=1S/C24H32N4O3/c1-4-27(5-2)15-14-25-17-23(29)28-21-9-7-6-8-18(21)10-11-19-12-13-20(16-22(19)28)26-24(30)31-3/h6-9,12-13,16,25H,4-5,10-11,14-15,17H2,1-3H3,(H,26,30)/p+2. The Morgan fingerprint density at radius 1 is 1.06 bits per heavy atom. The summed E-state index contributed by atoms with van der Waals surface area (Å²) in [5, 5.41) is 4.81. The van der Waals surface area contributed by atoms with Gasteiger partial charge in [0, 0.05) is 5.69 Å². The van der Waals surface area contributed by atoms with E-state index in [0.29, 0.717) is 12.2 Å². The van der Waals surface area contributed by atoms with E-state index in [0.717, 1.165) is 61.5 Å². The molecule has 1 aliphatic rings. The van der Waals surface area contributed by atoms with Gasteiger partial charge in [-0.3, -0.25) is 15.0 Å². The number of carbonyl (C=O) groups excluding carboxylic acids is 2. The number of carbonyl (C=O) groups is 2. The van der Waals surface area contributed by atoms with Crippen molar-refractivity contribution in [1.82, 2.24) is 0 Å². The fourth-order valence-corrected chi connectivity index (χ4v) is 4.06. The number of para-hydroxylation sites is 1. The molecule has 0 aromatic heterocycles. The Labute approximate surface area is 184 Å². The molecule has 0 fully saturated rings. The third-order valence-corrected chi connectivity index (χ3v) is 5.92. The lowest BCUT2D eigenvalue weighted by atomic mass is 10.0. The Hall–Kier alpha value is -2.90. The third-order valence-electron chi connectivity index (χ3n) is 5.92. The van der Waals surface area contributed by atoms with Crippen LogP contribution in [0.2, 0.25) is 0 Å². The van der Waals surface area contributed by atoms with Crippen LogP contribution in [0.3, 0.4) is 0 Å². The summed E-state index contributed by atoms with van der Waals surface area (Å²) in [5.74, 6) is 0.0420. The summed E-state index contributed by atoms with van der Waals surface area (Å²) in [6, 6.07) is 13.8. The fourth-order valence-electron chi connectivity index (χ4n) is 4.06. The molecule has 0 bridgehead atoms. The summed E-state index contributed by atoms with van der Waals surface area (Å²) < 4.78 is 4.72. The minimum Gasteiger partial charge on any atom is -0.453 e. The van der Waals surface area contributed by atoms with Gasteiger partial charge in [-0.2, -0.15) is 0 Å². The van der Waals surface area contributed by atoms with Gasteiger partial charge in [0.2, 0.25) is 0 Å². The number of hydrogen-bond acceptors (Lipinski definition) is 3. The first kappa shape index (κ1) is 22.8. The molecular weight excluding hydrogens is 392 g/mol. The minimum atomic E-state index is -0.529. The van der Waals surface area contributed by atoms with E-state index in [1.807, 2.05) is 41.3 Å². The first-order chi connectivity index (χ1) is 15.1. The molecule has 4 N–H and O–H groups in total. The van der Waals surface area contributed by atoms with Crippen LogP contribution in [-0.4, -0.2) is 51.8 Å². The molecule has 0 spiro atoms. The molecule has 166 valence electrons. The number of fused-ring (bicyclic) bond motifs is 2. The van der Waals surface area contributed by atoms with Crippen LogP contribution in [0.1, 0.15) is 25.0 Å². The van der Waals surface area contributed by atoms with Gasteiger partial charge < -0.3 is 15.0 Å². The van der Waals surface area contributed by atoms with Gasteiger partial charge in [0.05, 0.1) is 31.6 Å². The molecule has 3 rings (SSSR count). The molecule has 0 radical (unpaired) electrons. The van der Waals surface area contributed by atoms with E-state index < -0.39 is 6.09 Å². The predicted molar refractivity (Wildman–Crippen MR) is 122 cm³/mol. The number of ether oxygens (including phenoxy) is 1. The van der Waals surface area contributed by atoms with Crippen molar-refractivity contribution in [1.29, 1.82) is 0 Å². The zero-order chi connectivity index (χ0) is 22.2. The first-order valence-electron chi connectivity index (χ1n) is 11.1. The molecule has 0 unspecified atom stereocenters. The summed E-state index contributed by atoms with van der Waals surface area (Å²) in [7, 11) is 1.33. The van der Waals surface area contributed by atoms with Crippen LogP contribution in [0.15, 0.2) is 42.5 Å². The molecule has 1 aliphatic heterocycles. The van der Waals surface area contributed by atoms with Crippen LogP contribution in [0.25, 0.3) is 0 Å². The van der Waals surface area contributed by atoms with Gasteiger partial charge >= 0.3 is 6.09 Å². The van der Waals surface area contributed by atoms with E-state index in [2.05, 4.69) is 30.5 Å². The maximum absolute atomic E-state index is 13.4. The fraction of sp³-hybridized carbons (Fsp3) is 0.417. The van der Waals surface area contributed by atoms with E-state index >= 15 is 0 Å². The van der Waals surface area contributed by atoms with Crippen molar-refractivity contribution in [3.05, 3.63) is 53.6 Å². The highest BCUT2D eigenvalue weighted by Gasteiger charge is 2.27. The van der Waals surface area contributed by atoms with Crippen LogP contribution >= 0.6 is 0 Å². The molecule has 1 heterocycles. The Morgan fingerprint density at radius 2 is 1.77 bits per heavy atom. The van der Waals surface area contributed by atoms with Crippen molar-refractivity contribution in [2.45, 2.75) is 26.7 Å². The minimum absolute atomic E-state index is 0.0420. The Kier molecular flexibility index (Phi) is 8.03. The normalized spacial score (nSPS) is 12.7. The Bertz CT molecular complexity index is 911. The van der Waals surface area contributed by atoms with Gasteiger partial charge in [-0.1, -0.05) is 24.3 Å². The molecule has 7 heteroatoms.